The smallest absolute Gasteiger partial charge is 0.411 e. The van der Waals surface area contributed by atoms with Gasteiger partial charge in [0.05, 0.1) is 6.54 Å². The molecule has 0 saturated heterocycles. The Morgan fingerprint density at radius 3 is 1.98 bits per heavy atom. The third kappa shape index (κ3) is 15.4. The first kappa shape index (κ1) is 48.6. The van der Waals surface area contributed by atoms with E-state index in [0.717, 1.165) is 16.7 Å². The average Bonchev–Trinajstić information content (AvgIpc) is 4.12. The van der Waals surface area contributed by atoms with Crippen molar-refractivity contribution in [2.45, 2.75) is 110 Å². The van der Waals surface area contributed by atoms with E-state index in [2.05, 4.69) is 10.6 Å². The van der Waals surface area contributed by atoms with Gasteiger partial charge in [-0.15, -0.1) is 0 Å². The standard InChI is InChI=1S/C50H61FN4O9/c1-34(63-43-22-14-13-20-39(43)21-15-29-52-48(59)62-33-38-18-11-8-12-19-38)31-55(49(60)64-50(3,4)5)44(40-25-26-40)46(57)54(6)35(2)45(56)53-42(30-36-23-27-41(51)28-24-36)47(58)61-32-37-16-9-7-10-17-37/h7-14,16-20,22-24,27-28,34-35,40,42,44H,15,21,25-26,29-33H2,1-6H3,(H,52,59)(H,53,56)/t34-,35-,42-,44+/m1/s1. The van der Waals surface area contributed by atoms with E-state index in [4.69, 9.17) is 18.9 Å². The van der Waals surface area contributed by atoms with Gasteiger partial charge in [0.2, 0.25) is 11.8 Å². The quantitative estimate of drug-likeness (QED) is 0.0486. The molecule has 0 aromatic heterocycles. The lowest BCUT2D eigenvalue weighted by Crippen LogP contribution is -2.58. The fourth-order valence-electron chi connectivity index (χ4n) is 6.97. The summed E-state index contributed by atoms with van der Waals surface area (Å²) in [5, 5.41) is 5.55. The zero-order chi connectivity index (χ0) is 46.2. The van der Waals surface area contributed by atoms with Gasteiger partial charge in [-0.3, -0.25) is 14.5 Å². The van der Waals surface area contributed by atoms with E-state index in [1.54, 1.807) is 27.7 Å². The molecule has 342 valence electrons. The maximum Gasteiger partial charge on any atom is 0.411 e. The molecular weight excluding hydrogens is 820 g/mol. The molecule has 4 atom stereocenters. The highest BCUT2D eigenvalue weighted by Crippen LogP contribution is 2.37. The molecule has 1 fully saturated rings. The highest BCUT2D eigenvalue weighted by molar-refractivity contribution is 5.93. The third-order valence-electron chi connectivity index (χ3n) is 10.6. The Hall–Kier alpha value is -6.44. The Kier molecular flexibility index (Phi) is 17.7. The number of benzene rings is 4. The number of para-hydroxylation sites is 1. The summed E-state index contributed by atoms with van der Waals surface area (Å²) in [7, 11) is 1.49. The van der Waals surface area contributed by atoms with Crippen molar-refractivity contribution in [2.24, 2.45) is 5.92 Å². The van der Waals surface area contributed by atoms with E-state index < -0.39 is 65.6 Å². The minimum atomic E-state index is -1.15. The first-order valence-corrected chi connectivity index (χ1v) is 21.8. The second-order valence-corrected chi connectivity index (χ2v) is 17.2. The van der Waals surface area contributed by atoms with Crippen LogP contribution in [0.25, 0.3) is 0 Å². The van der Waals surface area contributed by atoms with Gasteiger partial charge in [0.1, 0.15) is 54.6 Å². The van der Waals surface area contributed by atoms with Crippen LogP contribution in [-0.2, 0) is 54.6 Å². The lowest BCUT2D eigenvalue weighted by Gasteiger charge is -2.37. The number of aryl methyl sites for hydroxylation is 1. The summed E-state index contributed by atoms with van der Waals surface area (Å²) in [5.74, 6) is -1.82. The van der Waals surface area contributed by atoms with Crippen LogP contribution < -0.4 is 15.4 Å². The molecular formula is C50H61FN4O9. The number of likely N-dealkylation sites (N-methyl/N-ethyl adjacent to an activating group) is 1. The van der Waals surface area contributed by atoms with Gasteiger partial charge < -0.3 is 34.5 Å². The fourth-order valence-corrected chi connectivity index (χ4v) is 6.97. The van der Waals surface area contributed by atoms with Crippen LogP contribution in [0.1, 0.15) is 76.1 Å². The molecule has 4 aromatic carbocycles. The fraction of sp³-hybridized carbons (Fsp3) is 0.420. The summed E-state index contributed by atoms with van der Waals surface area (Å²) in [4.78, 5) is 71.0. The molecule has 2 N–H and O–H groups in total. The predicted molar refractivity (Wildman–Crippen MR) is 239 cm³/mol. The molecule has 14 heteroatoms. The number of carbonyl (C=O) groups is 5. The number of esters is 1. The van der Waals surface area contributed by atoms with Gasteiger partial charge in [-0.25, -0.2) is 18.8 Å². The number of nitrogens with one attached hydrogen (secondary N) is 2. The number of carbonyl (C=O) groups excluding carboxylic acids is 5. The molecule has 5 rings (SSSR count). The Morgan fingerprint density at radius 1 is 0.781 bits per heavy atom. The van der Waals surface area contributed by atoms with E-state index in [0.29, 0.717) is 43.5 Å². The minimum absolute atomic E-state index is 0.00756. The van der Waals surface area contributed by atoms with Gasteiger partial charge in [0.15, 0.2) is 0 Å². The van der Waals surface area contributed by atoms with Crippen molar-refractivity contribution in [1.82, 2.24) is 20.4 Å². The Labute approximate surface area is 375 Å². The molecule has 0 spiro atoms. The Morgan fingerprint density at radius 2 is 1.38 bits per heavy atom. The molecule has 0 radical (unpaired) electrons. The average molecular weight is 881 g/mol. The molecule has 0 aliphatic heterocycles. The second kappa shape index (κ2) is 23.3. The van der Waals surface area contributed by atoms with Crippen LogP contribution in [0.2, 0.25) is 0 Å². The van der Waals surface area contributed by atoms with Crippen molar-refractivity contribution < 1.29 is 47.3 Å². The van der Waals surface area contributed by atoms with Crippen LogP contribution in [0, 0.1) is 11.7 Å². The van der Waals surface area contributed by atoms with Crippen LogP contribution in [0.5, 0.6) is 5.75 Å². The summed E-state index contributed by atoms with van der Waals surface area (Å²) in [5.41, 5.74) is 2.27. The van der Waals surface area contributed by atoms with Gasteiger partial charge in [0, 0.05) is 20.0 Å². The minimum Gasteiger partial charge on any atom is -0.489 e. The molecule has 0 bridgehead atoms. The van der Waals surface area contributed by atoms with Crippen molar-refractivity contribution in [2.75, 3.05) is 20.1 Å². The van der Waals surface area contributed by atoms with Crippen LogP contribution in [0.3, 0.4) is 0 Å². The maximum absolute atomic E-state index is 14.6. The van der Waals surface area contributed by atoms with Crippen molar-refractivity contribution >= 4 is 30.0 Å². The number of nitrogens with zero attached hydrogens (tertiary/aromatic N) is 2. The van der Waals surface area contributed by atoms with Gasteiger partial charge in [-0.1, -0.05) is 91.0 Å². The second-order valence-electron chi connectivity index (χ2n) is 17.2. The first-order valence-electron chi connectivity index (χ1n) is 21.8. The summed E-state index contributed by atoms with van der Waals surface area (Å²) in [6.45, 7) is 9.12. The van der Waals surface area contributed by atoms with Crippen LogP contribution in [0.15, 0.2) is 109 Å². The summed E-state index contributed by atoms with van der Waals surface area (Å²) >= 11 is 0. The van der Waals surface area contributed by atoms with Gasteiger partial charge in [-0.2, -0.15) is 0 Å². The highest BCUT2D eigenvalue weighted by Gasteiger charge is 2.46. The van der Waals surface area contributed by atoms with E-state index >= 15 is 0 Å². The van der Waals surface area contributed by atoms with Gasteiger partial charge in [-0.05, 0) is 107 Å². The predicted octanol–water partition coefficient (Wildman–Crippen LogP) is 7.79. The number of hydrogen-bond acceptors (Lipinski definition) is 9. The van der Waals surface area contributed by atoms with E-state index in [-0.39, 0.29) is 32.1 Å². The van der Waals surface area contributed by atoms with Crippen molar-refractivity contribution in [1.29, 1.82) is 0 Å². The molecule has 0 heterocycles. The number of alkyl carbamates (subject to hydrolysis) is 1. The van der Waals surface area contributed by atoms with E-state index in [1.807, 2.05) is 91.9 Å². The molecule has 64 heavy (non-hydrogen) atoms. The van der Waals surface area contributed by atoms with Crippen LogP contribution in [0.4, 0.5) is 14.0 Å². The van der Waals surface area contributed by atoms with Gasteiger partial charge in [0.25, 0.3) is 0 Å². The van der Waals surface area contributed by atoms with Crippen LogP contribution in [-0.4, -0.2) is 89.7 Å². The van der Waals surface area contributed by atoms with Gasteiger partial charge >= 0.3 is 18.2 Å². The molecule has 13 nitrogen and oxygen atoms in total. The monoisotopic (exact) mass is 880 g/mol. The molecule has 0 unspecified atom stereocenters. The lowest BCUT2D eigenvalue weighted by molar-refractivity contribution is -0.150. The summed E-state index contributed by atoms with van der Waals surface area (Å²) in [6, 6.07) is 28.4. The van der Waals surface area contributed by atoms with Crippen molar-refractivity contribution in [3.8, 4) is 5.75 Å². The van der Waals surface area contributed by atoms with E-state index in [9.17, 15) is 28.4 Å². The normalized spacial score (nSPS) is 14.2. The summed E-state index contributed by atoms with van der Waals surface area (Å²) < 4.78 is 37.0. The Balaban J connectivity index is 1.25. The number of halogens is 1. The summed E-state index contributed by atoms with van der Waals surface area (Å²) in [6.07, 6.45) is 0.773. The maximum atomic E-state index is 14.6. The number of ether oxygens (including phenoxy) is 4. The SMILES string of the molecule is C[C@H](CN(C(=O)OC(C)(C)C)[C@H](C(=O)N(C)[C@H](C)C(=O)N[C@H](Cc1ccc(F)cc1)C(=O)OCc1ccccc1)C1CC1)Oc1ccccc1CCCNC(=O)OCc1ccccc1. The number of rotatable bonds is 21. The lowest BCUT2D eigenvalue weighted by atomic mass is 10.0. The molecule has 4 amide bonds. The number of hydrogen-bond donors (Lipinski definition) is 2. The molecule has 1 aliphatic carbocycles. The van der Waals surface area contributed by atoms with E-state index in [1.165, 1.54) is 41.1 Å². The topological polar surface area (TPSA) is 153 Å². The molecule has 1 saturated carbocycles. The Bertz CT molecular complexity index is 2150. The zero-order valence-electron chi connectivity index (χ0n) is 37.6. The molecule has 1 aliphatic rings. The zero-order valence-corrected chi connectivity index (χ0v) is 37.6. The first-order chi connectivity index (χ1) is 30.6. The largest absolute Gasteiger partial charge is 0.489 e. The molecule has 4 aromatic rings. The van der Waals surface area contributed by atoms with Crippen LogP contribution >= 0.6 is 0 Å². The number of amides is 4. The highest BCUT2D eigenvalue weighted by atomic mass is 19.1. The van der Waals surface area contributed by atoms with Crippen molar-refractivity contribution in [3.63, 3.8) is 0 Å². The van der Waals surface area contributed by atoms with Crippen molar-refractivity contribution in [3.05, 3.63) is 137 Å². The third-order valence-corrected chi connectivity index (χ3v) is 10.6.